The highest BCUT2D eigenvalue weighted by Crippen LogP contribution is 2.29. The van der Waals surface area contributed by atoms with Crippen LogP contribution in [0.2, 0.25) is 0 Å². The molecule has 0 spiro atoms. The Morgan fingerprint density at radius 2 is 1.55 bits per heavy atom. The predicted octanol–water partition coefficient (Wildman–Crippen LogP) is 4.58. The first-order valence-electron chi connectivity index (χ1n) is 11.8. The summed E-state index contributed by atoms with van der Waals surface area (Å²) in [4.78, 5) is 39.5. The van der Waals surface area contributed by atoms with E-state index in [0.717, 1.165) is 28.8 Å². The van der Waals surface area contributed by atoms with E-state index in [2.05, 4.69) is 5.32 Å². The third-order valence-corrected chi connectivity index (χ3v) is 6.33. The van der Waals surface area contributed by atoms with Crippen LogP contribution in [0.3, 0.4) is 0 Å². The van der Waals surface area contributed by atoms with Gasteiger partial charge < -0.3 is 15.2 Å². The van der Waals surface area contributed by atoms with Crippen molar-refractivity contribution in [2.24, 2.45) is 0 Å². The molecule has 0 aromatic heterocycles. The number of hydrogen-bond donors (Lipinski definition) is 2. The molecule has 38 heavy (non-hydrogen) atoms. The Labute approximate surface area is 216 Å². The topological polar surface area (TPSA) is 95.9 Å². The number of halogens is 3. The summed E-state index contributed by atoms with van der Waals surface area (Å²) in [7, 11) is 0. The fourth-order valence-electron chi connectivity index (χ4n) is 4.28. The van der Waals surface area contributed by atoms with E-state index in [9.17, 15) is 32.7 Å². The van der Waals surface area contributed by atoms with Crippen LogP contribution < -0.4 is 5.32 Å². The Bertz CT molecular complexity index is 1300. The number of hydrogen-bond acceptors (Lipinski definition) is 4. The van der Waals surface area contributed by atoms with Gasteiger partial charge in [0, 0.05) is 12.8 Å². The molecule has 1 heterocycles. The maximum atomic E-state index is 13.3. The molecule has 0 saturated carbocycles. The van der Waals surface area contributed by atoms with Crippen LogP contribution in [0.1, 0.15) is 27.8 Å². The van der Waals surface area contributed by atoms with Gasteiger partial charge in [0.05, 0.1) is 12.1 Å². The predicted molar refractivity (Wildman–Crippen MR) is 131 cm³/mol. The van der Waals surface area contributed by atoms with Gasteiger partial charge in [-0.05, 0) is 34.4 Å². The second kappa shape index (κ2) is 11.4. The molecule has 2 N–H and O–H groups in total. The Hall–Kier alpha value is -4.34. The number of nitrogens with one attached hydrogen (secondary N) is 1. The monoisotopic (exact) mass is 526 g/mol. The number of ether oxygens (including phenoxy) is 1. The molecule has 2 amide bonds. The molecule has 3 aromatic rings. The lowest BCUT2D eigenvalue weighted by molar-refractivity contribution is -0.142. The summed E-state index contributed by atoms with van der Waals surface area (Å²) >= 11 is 0. The molecular formula is C28H25F3N2O5. The van der Waals surface area contributed by atoms with Gasteiger partial charge in [-0.25, -0.2) is 9.59 Å². The number of alkyl halides is 3. The maximum Gasteiger partial charge on any atom is 0.416 e. The van der Waals surface area contributed by atoms with E-state index >= 15 is 0 Å². The highest BCUT2D eigenvalue weighted by molar-refractivity contribution is 5.90. The van der Waals surface area contributed by atoms with Crippen molar-refractivity contribution in [1.82, 2.24) is 10.2 Å². The number of fused-ring (bicyclic) bond motifs is 1. The minimum Gasteiger partial charge on any atom is -0.480 e. The molecule has 0 unspecified atom stereocenters. The smallest absolute Gasteiger partial charge is 0.416 e. The summed E-state index contributed by atoms with van der Waals surface area (Å²) in [6.07, 6.45) is -5.33. The molecule has 0 bridgehead atoms. The average Bonchev–Trinajstić information content (AvgIpc) is 2.90. The van der Waals surface area contributed by atoms with Crippen LogP contribution in [-0.2, 0) is 46.5 Å². The van der Waals surface area contributed by atoms with E-state index < -0.39 is 41.8 Å². The molecule has 3 aromatic carbocycles. The van der Waals surface area contributed by atoms with Crippen molar-refractivity contribution in [2.75, 3.05) is 0 Å². The average molecular weight is 527 g/mol. The number of benzene rings is 3. The molecule has 4 rings (SSSR count). The zero-order valence-electron chi connectivity index (χ0n) is 20.1. The van der Waals surface area contributed by atoms with Gasteiger partial charge >= 0.3 is 18.2 Å². The number of aliphatic carboxylic acids is 1. The minimum absolute atomic E-state index is 0.00215. The van der Waals surface area contributed by atoms with Crippen molar-refractivity contribution >= 4 is 18.0 Å². The third-order valence-electron chi connectivity index (χ3n) is 6.33. The maximum absolute atomic E-state index is 13.3. The van der Waals surface area contributed by atoms with Crippen molar-refractivity contribution in [1.29, 1.82) is 0 Å². The number of carboxylic acid groups (broad SMARTS) is 1. The van der Waals surface area contributed by atoms with Crippen LogP contribution in [0.15, 0.2) is 78.9 Å². The quantitative estimate of drug-likeness (QED) is 0.470. The van der Waals surface area contributed by atoms with E-state index in [-0.39, 0.29) is 26.0 Å². The highest BCUT2D eigenvalue weighted by Gasteiger charge is 2.37. The van der Waals surface area contributed by atoms with Crippen LogP contribution in [0.4, 0.5) is 18.0 Å². The zero-order chi connectivity index (χ0) is 27.3. The van der Waals surface area contributed by atoms with Crippen molar-refractivity contribution < 1.29 is 37.4 Å². The van der Waals surface area contributed by atoms with Gasteiger partial charge in [0.2, 0.25) is 5.91 Å². The number of rotatable bonds is 7. The van der Waals surface area contributed by atoms with Crippen LogP contribution in [0.5, 0.6) is 0 Å². The molecule has 0 saturated heterocycles. The van der Waals surface area contributed by atoms with Gasteiger partial charge in [-0.1, -0.05) is 66.7 Å². The Balaban J connectivity index is 1.50. The van der Waals surface area contributed by atoms with Gasteiger partial charge in [0.15, 0.2) is 0 Å². The van der Waals surface area contributed by atoms with Crippen molar-refractivity contribution in [3.8, 4) is 0 Å². The molecular weight excluding hydrogens is 501 g/mol. The summed E-state index contributed by atoms with van der Waals surface area (Å²) in [5.74, 6) is -2.05. The molecule has 0 fully saturated rings. The molecule has 10 heteroatoms. The largest absolute Gasteiger partial charge is 0.480 e. The van der Waals surface area contributed by atoms with Crippen molar-refractivity contribution in [2.45, 2.75) is 44.3 Å². The van der Waals surface area contributed by atoms with Crippen LogP contribution in [0, 0.1) is 0 Å². The van der Waals surface area contributed by atoms with Crippen molar-refractivity contribution in [3.63, 3.8) is 0 Å². The first-order valence-corrected chi connectivity index (χ1v) is 11.8. The van der Waals surface area contributed by atoms with Crippen LogP contribution >= 0.6 is 0 Å². The number of carbonyl (C=O) groups excluding carboxylic acids is 2. The standard InChI is InChI=1S/C28H25F3N2O5/c29-28(30,31)22-12-10-18(11-13-22)14-23(26(35)36)32-25(34)24-15-20-8-4-5-9-21(20)16-33(24)27(37)38-17-19-6-2-1-3-7-19/h1-13,23-24H,14-17H2,(H,32,34)(H,35,36)/t23-,24-/m0/s1. The van der Waals surface area contributed by atoms with E-state index in [1.165, 1.54) is 17.0 Å². The van der Waals surface area contributed by atoms with Gasteiger partial charge in [0.1, 0.15) is 18.7 Å². The van der Waals surface area contributed by atoms with E-state index in [1.54, 1.807) is 24.3 Å². The number of carbonyl (C=O) groups is 3. The lowest BCUT2D eigenvalue weighted by Gasteiger charge is -2.35. The van der Waals surface area contributed by atoms with Crippen molar-refractivity contribution in [3.05, 3.63) is 107 Å². The lowest BCUT2D eigenvalue weighted by Crippen LogP contribution is -2.56. The minimum atomic E-state index is -4.52. The van der Waals surface area contributed by atoms with Crippen LogP contribution in [-0.4, -0.2) is 40.1 Å². The summed E-state index contributed by atoms with van der Waals surface area (Å²) in [6.45, 7) is 0.0936. The highest BCUT2D eigenvalue weighted by atomic mass is 19.4. The van der Waals surface area contributed by atoms with E-state index in [0.29, 0.717) is 5.56 Å². The summed E-state index contributed by atoms with van der Waals surface area (Å²) in [6, 6.07) is 17.9. The SMILES string of the molecule is O=C(O)[C@H](Cc1ccc(C(F)(F)F)cc1)NC(=O)[C@@H]1Cc2ccccc2CN1C(=O)OCc1ccccc1. The first-order chi connectivity index (χ1) is 18.1. The molecule has 0 aliphatic carbocycles. The Kier molecular flexibility index (Phi) is 7.99. The van der Waals surface area contributed by atoms with E-state index in [1.807, 2.05) is 30.3 Å². The fraction of sp³-hybridized carbons (Fsp3) is 0.250. The summed E-state index contributed by atoms with van der Waals surface area (Å²) in [5, 5.41) is 12.2. The Morgan fingerprint density at radius 3 is 2.18 bits per heavy atom. The Morgan fingerprint density at radius 1 is 0.921 bits per heavy atom. The van der Waals surface area contributed by atoms with E-state index in [4.69, 9.17) is 4.74 Å². The number of amides is 2. The molecule has 2 atom stereocenters. The molecule has 1 aliphatic heterocycles. The molecule has 1 aliphatic rings. The first kappa shape index (κ1) is 26.7. The normalized spacial score (nSPS) is 15.8. The van der Waals surface area contributed by atoms with Gasteiger partial charge in [0.25, 0.3) is 0 Å². The second-order valence-corrected chi connectivity index (χ2v) is 8.95. The lowest BCUT2D eigenvalue weighted by atomic mass is 9.93. The van der Waals surface area contributed by atoms with Gasteiger partial charge in [-0.2, -0.15) is 13.2 Å². The molecule has 0 radical (unpaired) electrons. The number of carboxylic acids is 1. The third kappa shape index (κ3) is 6.50. The zero-order valence-corrected chi connectivity index (χ0v) is 20.1. The second-order valence-electron chi connectivity index (χ2n) is 8.95. The summed E-state index contributed by atoms with van der Waals surface area (Å²) < 4.78 is 44.0. The van der Waals surface area contributed by atoms with Crippen LogP contribution in [0.25, 0.3) is 0 Å². The fourth-order valence-corrected chi connectivity index (χ4v) is 4.28. The van der Waals surface area contributed by atoms with Gasteiger partial charge in [-0.3, -0.25) is 9.69 Å². The van der Waals surface area contributed by atoms with Gasteiger partial charge in [-0.15, -0.1) is 0 Å². The number of nitrogens with zero attached hydrogens (tertiary/aromatic N) is 1. The molecule has 198 valence electrons. The molecule has 7 nitrogen and oxygen atoms in total. The summed E-state index contributed by atoms with van der Waals surface area (Å²) in [5.41, 5.74) is 1.89.